The van der Waals surface area contributed by atoms with Crippen LogP contribution in [0.5, 0.6) is 0 Å². The monoisotopic (exact) mass is 1060 g/mol. The standard InChI is InChI=1S/C52H84O22/c1-22(54)29-11-14-52(63)50(29,7)36(58)20-35-49(6)12-10-28(15-27(49)9-13-51(35,52)62)69-37-16-30(55)44(23(2)65-37)71-38-17-31(56)45(24(3)66-38)72-39-18-32(57)46(25(4)67-39)73-40-19-33(64-8)47(26(5)68-40)74-48-43(61)42(60)41(59)34(21-53)70-48/h9,23-26,28-48,53,55-63H,10-21H2,1-8H3/t23-,24+,25+,26-,28+,29+,30+,31-,32+,33+,34+,35-,36-,37-,38-,39+,40-,41+,42+,43+,44-,45+,46+,47-,48+,49+,50-,51-,52-/m1/s1. The molecule has 4 aliphatic carbocycles. The molecule has 0 aromatic rings. The minimum absolute atomic E-state index is 0.00472. The Labute approximate surface area is 432 Å². The number of carbonyl (C=O) groups is 1. The Morgan fingerprint density at radius 1 is 0.649 bits per heavy atom. The van der Waals surface area contributed by atoms with Crippen LogP contribution in [0, 0.1) is 22.7 Å². The van der Waals surface area contributed by atoms with E-state index in [0.29, 0.717) is 25.7 Å². The summed E-state index contributed by atoms with van der Waals surface area (Å²) in [7, 11) is 1.46. The van der Waals surface area contributed by atoms with Crippen molar-refractivity contribution in [1.82, 2.24) is 0 Å². The molecule has 8 fully saturated rings. The second-order valence-corrected chi connectivity index (χ2v) is 23.5. The van der Waals surface area contributed by atoms with E-state index in [2.05, 4.69) is 6.92 Å². The average Bonchev–Trinajstić information content (AvgIpc) is 3.65. The predicted octanol–water partition coefficient (Wildman–Crippen LogP) is -0.282. The number of hydrogen-bond acceptors (Lipinski definition) is 22. The largest absolute Gasteiger partial charge is 0.394 e. The Balaban J connectivity index is 0.727. The van der Waals surface area contributed by atoms with Crippen LogP contribution in [0.1, 0.15) is 119 Å². The summed E-state index contributed by atoms with van der Waals surface area (Å²) in [5.41, 5.74) is -3.69. The van der Waals surface area contributed by atoms with Crippen molar-refractivity contribution in [3.8, 4) is 0 Å². The van der Waals surface area contributed by atoms with Crippen LogP contribution in [-0.2, 0) is 56.9 Å². The molecule has 22 heteroatoms. The molecule has 5 aliphatic heterocycles. The lowest BCUT2D eigenvalue weighted by molar-refractivity contribution is -0.357. The summed E-state index contributed by atoms with van der Waals surface area (Å²) in [6, 6.07) is 0. The van der Waals surface area contributed by atoms with Gasteiger partial charge < -0.3 is 103 Å². The molecule has 0 aromatic carbocycles. The van der Waals surface area contributed by atoms with Crippen LogP contribution in [0.4, 0.5) is 0 Å². The van der Waals surface area contributed by atoms with Crippen molar-refractivity contribution in [2.24, 2.45) is 22.7 Å². The summed E-state index contributed by atoms with van der Waals surface area (Å²) >= 11 is 0. The third kappa shape index (κ3) is 10.0. The van der Waals surface area contributed by atoms with E-state index >= 15 is 0 Å². The lowest BCUT2D eigenvalue weighted by atomic mass is 9.43. The number of carbonyl (C=O) groups excluding carboxylic acids is 1. The molecule has 9 aliphatic rings. The summed E-state index contributed by atoms with van der Waals surface area (Å²) in [4.78, 5) is 12.7. The molecule has 5 saturated heterocycles. The number of fused-ring (bicyclic) bond motifs is 5. The molecule has 0 radical (unpaired) electrons. The fourth-order valence-electron chi connectivity index (χ4n) is 14.9. The van der Waals surface area contributed by atoms with Crippen LogP contribution < -0.4 is 0 Å². The Morgan fingerprint density at radius 3 is 1.66 bits per heavy atom. The zero-order valence-corrected chi connectivity index (χ0v) is 43.9. The lowest BCUT2D eigenvalue weighted by Gasteiger charge is -2.66. The third-order valence-corrected chi connectivity index (χ3v) is 19.2. The van der Waals surface area contributed by atoms with E-state index in [0.717, 1.165) is 5.57 Å². The highest BCUT2D eigenvalue weighted by Gasteiger charge is 2.76. The Bertz CT molecular complexity index is 1940. The molecular weight excluding hydrogens is 977 g/mol. The maximum absolute atomic E-state index is 12.7. The molecule has 424 valence electrons. The van der Waals surface area contributed by atoms with E-state index in [4.69, 9.17) is 52.1 Å². The smallest absolute Gasteiger partial charge is 0.187 e. The Morgan fingerprint density at radius 2 is 1.16 bits per heavy atom. The summed E-state index contributed by atoms with van der Waals surface area (Å²) in [6.07, 6.45) is -16.5. The number of hydrogen-bond donors (Lipinski definition) is 10. The van der Waals surface area contributed by atoms with Gasteiger partial charge >= 0.3 is 0 Å². The first-order valence-electron chi connectivity index (χ1n) is 27.0. The molecule has 74 heavy (non-hydrogen) atoms. The number of ether oxygens (including phenoxy) is 11. The van der Waals surface area contributed by atoms with Gasteiger partial charge in [-0.3, -0.25) is 4.79 Å². The fourth-order valence-corrected chi connectivity index (χ4v) is 14.9. The highest BCUT2D eigenvalue weighted by molar-refractivity contribution is 5.80. The number of aliphatic hydroxyl groups is 10. The molecule has 29 atom stereocenters. The van der Waals surface area contributed by atoms with Gasteiger partial charge in [0, 0.05) is 50.0 Å². The van der Waals surface area contributed by atoms with Gasteiger partial charge in [0.25, 0.3) is 0 Å². The molecule has 0 amide bonds. The van der Waals surface area contributed by atoms with Gasteiger partial charge in [-0.1, -0.05) is 25.5 Å². The van der Waals surface area contributed by atoms with Gasteiger partial charge in [0.15, 0.2) is 31.5 Å². The molecule has 0 spiro atoms. The highest BCUT2D eigenvalue weighted by atomic mass is 16.8. The number of Topliss-reactive ketones (excluding diaryl/α,β-unsaturated/α-hetero) is 1. The van der Waals surface area contributed by atoms with Crippen LogP contribution in [-0.4, -0.2) is 223 Å². The normalized spacial score (nSPS) is 54.9. The van der Waals surface area contributed by atoms with Crippen molar-refractivity contribution >= 4 is 5.78 Å². The molecule has 10 N–H and O–H groups in total. The molecule has 5 heterocycles. The van der Waals surface area contributed by atoms with Crippen molar-refractivity contribution < 1.29 is 108 Å². The highest BCUT2D eigenvalue weighted by Crippen LogP contribution is 2.69. The summed E-state index contributed by atoms with van der Waals surface area (Å²) in [6.45, 7) is 11.7. The molecule has 0 unspecified atom stereocenters. The summed E-state index contributed by atoms with van der Waals surface area (Å²) in [5, 5.41) is 111. The van der Waals surface area contributed by atoms with Crippen molar-refractivity contribution in [1.29, 1.82) is 0 Å². The zero-order valence-electron chi connectivity index (χ0n) is 43.9. The van der Waals surface area contributed by atoms with E-state index < -0.39 is 176 Å². The van der Waals surface area contributed by atoms with Crippen LogP contribution in [0.15, 0.2) is 11.6 Å². The van der Waals surface area contributed by atoms with Crippen molar-refractivity contribution in [3.05, 3.63) is 11.6 Å². The van der Waals surface area contributed by atoms with Gasteiger partial charge in [-0.25, -0.2) is 0 Å². The summed E-state index contributed by atoms with van der Waals surface area (Å²) < 4.78 is 67.3. The van der Waals surface area contributed by atoms with Crippen LogP contribution in [0.2, 0.25) is 0 Å². The number of rotatable bonds is 13. The van der Waals surface area contributed by atoms with E-state index in [-0.39, 0.29) is 56.8 Å². The Kier molecular flexibility index (Phi) is 16.9. The van der Waals surface area contributed by atoms with E-state index in [1.807, 2.05) is 6.08 Å². The average molecular weight is 1060 g/mol. The Hall–Kier alpha value is -1.43. The first kappa shape index (κ1) is 57.3. The minimum atomic E-state index is -1.62. The number of methoxy groups -OCH3 is 1. The lowest BCUT2D eigenvalue weighted by Crippen LogP contribution is -2.75. The topological polar surface area (TPSA) is 321 Å². The number of aliphatic hydroxyl groups excluding tert-OH is 8. The van der Waals surface area contributed by atoms with Crippen molar-refractivity contribution in [3.63, 3.8) is 0 Å². The van der Waals surface area contributed by atoms with Crippen LogP contribution in [0.3, 0.4) is 0 Å². The van der Waals surface area contributed by atoms with Gasteiger partial charge in [0.05, 0.1) is 67.6 Å². The van der Waals surface area contributed by atoms with Gasteiger partial charge in [0.2, 0.25) is 0 Å². The second kappa shape index (κ2) is 21.9. The van der Waals surface area contributed by atoms with Crippen molar-refractivity contribution in [2.75, 3.05) is 13.7 Å². The van der Waals surface area contributed by atoms with Crippen LogP contribution in [0.25, 0.3) is 0 Å². The SMILES string of the molecule is CO[C@H]1C[C@@H](O[C@H]2[C@H](C)O[C@@H](O[C@@H]3[C@H](O)C[C@@H](O[C@H]4[C@@H](O)C[C@@H](O[C@H]5CC[C@@]6(C)C(=CC[C@@]7(O)[C@@H]6C[C@@H](O)[C@@]6(C)[C@H](C(C)=O)CC[C@@]67O)C5)O[C@@H]4C)O[C@H]3C)C[C@@H]2O)O[C@H](C)[C@H]1O[C@@H]1O[C@@H](CO)[C@H](O)[C@H](O)[C@@H]1O. The molecular formula is C52H84O22. The second-order valence-electron chi connectivity index (χ2n) is 23.5. The van der Waals surface area contributed by atoms with E-state index in [1.54, 1.807) is 34.6 Å². The van der Waals surface area contributed by atoms with Crippen LogP contribution >= 0.6 is 0 Å². The van der Waals surface area contributed by atoms with Crippen molar-refractivity contribution in [2.45, 2.75) is 272 Å². The zero-order chi connectivity index (χ0) is 53.6. The predicted molar refractivity (Wildman–Crippen MR) is 253 cm³/mol. The number of ketones is 1. The van der Waals surface area contributed by atoms with Gasteiger partial charge in [-0.2, -0.15) is 0 Å². The fraction of sp³-hybridized carbons (Fsp3) is 0.942. The van der Waals surface area contributed by atoms with E-state index in [1.165, 1.54) is 14.0 Å². The van der Waals surface area contributed by atoms with Gasteiger partial charge in [0.1, 0.15) is 65.8 Å². The van der Waals surface area contributed by atoms with E-state index in [9.17, 15) is 55.9 Å². The first-order chi connectivity index (χ1) is 34.9. The molecule has 3 saturated carbocycles. The van der Waals surface area contributed by atoms with Gasteiger partial charge in [-0.05, 0) is 85.0 Å². The molecule has 0 aromatic heterocycles. The first-order valence-corrected chi connectivity index (χ1v) is 27.0. The summed E-state index contributed by atoms with van der Waals surface area (Å²) in [5.74, 6) is -1.04. The third-order valence-electron chi connectivity index (χ3n) is 19.2. The molecule has 22 nitrogen and oxygen atoms in total. The maximum Gasteiger partial charge on any atom is 0.187 e. The molecule has 0 bridgehead atoms. The molecule has 9 rings (SSSR count). The minimum Gasteiger partial charge on any atom is -0.394 e. The van der Waals surface area contributed by atoms with Gasteiger partial charge in [-0.15, -0.1) is 0 Å². The maximum atomic E-state index is 12.7. The quantitative estimate of drug-likeness (QED) is 0.106.